The fraction of sp³-hybridized carbons (Fsp3) is 0.947. The minimum Gasteiger partial charge on any atom is -0.469 e. The zero-order valence-corrected chi connectivity index (χ0v) is 15.9. The van der Waals surface area contributed by atoms with E-state index in [0.29, 0.717) is 0 Å². The second kappa shape index (κ2) is 9.54. The molecule has 2 fully saturated rings. The molecule has 0 heterocycles. The van der Waals surface area contributed by atoms with E-state index >= 15 is 0 Å². The Balaban J connectivity index is 0.000000307. The molecule has 0 aliphatic heterocycles. The summed E-state index contributed by atoms with van der Waals surface area (Å²) in [6.45, 7) is 11.3. The summed E-state index contributed by atoms with van der Waals surface area (Å²) in [6.07, 6.45) is 9.47. The molecule has 2 saturated carbocycles. The summed E-state index contributed by atoms with van der Waals surface area (Å²) in [4.78, 5) is 10.8. The van der Waals surface area contributed by atoms with Gasteiger partial charge in [0.25, 0.3) is 0 Å². The van der Waals surface area contributed by atoms with E-state index in [2.05, 4.69) is 4.74 Å². The molecule has 2 aliphatic rings. The first-order valence-corrected chi connectivity index (χ1v) is 8.86. The van der Waals surface area contributed by atoms with Gasteiger partial charge in [-0.05, 0) is 58.8 Å². The lowest BCUT2D eigenvalue weighted by Gasteiger charge is -2.17. The molecule has 0 radical (unpaired) electrons. The van der Waals surface area contributed by atoms with Crippen molar-refractivity contribution in [1.29, 1.82) is 0 Å². The van der Waals surface area contributed by atoms with Crippen LogP contribution in [-0.2, 0) is 9.53 Å². The SMILES string of the molecule is C1CC2CCC1C2.CCC(C)(C)C(=O)OC.CCC(C)(C)O. The van der Waals surface area contributed by atoms with Gasteiger partial charge in [0.2, 0.25) is 0 Å². The molecule has 2 rings (SSSR count). The highest BCUT2D eigenvalue weighted by atomic mass is 16.5. The second-order valence-corrected chi connectivity index (χ2v) is 8.02. The quantitative estimate of drug-likeness (QED) is 0.749. The van der Waals surface area contributed by atoms with Crippen LogP contribution in [0.3, 0.4) is 0 Å². The van der Waals surface area contributed by atoms with Gasteiger partial charge in [0.15, 0.2) is 0 Å². The summed E-state index contributed by atoms with van der Waals surface area (Å²) in [5.74, 6) is 2.21. The van der Waals surface area contributed by atoms with E-state index in [1.165, 1.54) is 18.9 Å². The van der Waals surface area contributed by atoms with Crippen LogP contribution in [0.4, 0.5) is 0 Å². The lowest BCUT2D eigenvalue weighted by Crippen LogP contribution is -2.24. The molecule has 0 aromatic heterocycles. The Labute approximate surface area is 137 Å². The Hall–Kier alpha value is -0.570. The van der Waals surface area contributed by atoms with Crippen LogP contribution in [0, 0.1) is 17.3 Å². The van der Waals surface area contributed by atoms with Gasteiger partial charge in [-0.25, -0.2) is 0 Å². The maximum absolute atomic E-state index is 10.8. The van der Waals surface area contributed by atoms with Crippen molar-refractivity contribution in [2.75, 3.05) is 7.11 Å². The van der Waals surface area contributed by atoms with Gasteiger partial charge in [-0.2, -0.15) is 0 Å². The van der Waals surface area contributed by atoms with Gasteiger partial charge in [-0.1, -0.05) is 39.5 Å². The molecular formula is C19H38O3. The Morgan fingerprint density at radius 3 is 1.45 bits per heavy atom. The average molecular weight is 315 g/mol. The topological polar surface area (TPSA) is 46.5 Å². The van der Waals surface area contributed by atoms with Crippen molar-refractivity contribution in [3.05, 3.63) is 0 Å². The number of esters is 1. The first kappa shape index (κ1) is 21.4. The number of rotatable bonds is 3. The Bertz CT molecular complexity index is 297. The molecule has 0 amide bonds. The summed E-state index contributed by atoms with van der Waals surface area (Å²) >= 11 is 0. The summed E-state index contributed by atoms with van der Waals surface area (Å²) < 4.78 is 4.57. The molecule has 0 spiro atoms. The zero-order valence-electron chi connectivity index (χ0n) is 15.9. The smallest absolute Gasteiger partial charge is 0.311 e. The van der Waals surface area contributed by atoms with Crippen molar-refractivity contribution in [2.45, 2.75) is 92.1 Å². The first-order valence-electron chi connectivity index (χ1n) is 8.86. The molecule has 0 unspecified atom stereocenters. The molecule has 3 heteroatoms. The number of carbonyl (C=O) groups is 1. The fourth-order valence-electron chi connectivity index (χ4n) is 2.59. The summed E-state index contributed by atoms with van der Waals surface area (Å²) in [5.41, 5.74) is -0.769. The standard InChI is InChI=1S/C7H14O2.C7H12.C5H12O/c1-5-7(2,3)6(8)9-4;1-2-7-4-3-6(1)5-7;1-4-5(2,3)6/h5H2,1-4H3;6-7H,1-5H2;6H,4H2,1-3H3. The van der Waals surface area contributed by atoms with E-state index in [0.717, 1.165) is 12.8 Å². The van der Waals surface area contributed by atoms with E-state index in [-0.39, 0.29) is 11.4 Å². The van der Waals surface area contributed by atoms with Crippen LogP contribution in [0.25, 0.3) is 0 Å². The molecule has 0 atom stereocenters. The van der Waals surface area contributed by atoms with Gasteiger partial charge in [0.1, 0.15) is 0 Å². The van der Waals surface area contributed by atoms with Gasteiger partial charge in [-0.3, -0.25) is 4.79 Å². The molecule has 3 nitrogen and oxygen atoms in total. The predicted octanol–water partition coefficient (Wildman–Crippen LogP) is 4.96. The zero-order chi connectivity index (χ0) is 17.4. The molecule has 2 aliphatic carbocycles. The number of ether oxygens (including phenoxy) is 1. The second-order valence-electron chi connectivity index (χ2n) is 8.02. The van der Waals surface area contributed by atoms with Gasteiger partial charge in [0.05, 0.1) is 18.1 Å². The van der Waals surface area contributed by atoms with Crippen molar-refractivity contribution in [1.82, 2.24) is 0 Å². The summed E-state index contributed by atoms with van der Waals surface area (Å²) in [7, 11) is 1.42. The lowest BCUT2D eigenvalue weighted by atomic mass is 9.91. The summed E-state index contributed by atoms with van der Waals surface area (Å²) in [5, 5.41) is 8.83. The molecule has 1 N–H and O–H groups in total. The van der Waals surface area contributed by atoms with E-state index in [4.69, 9.17) is 5.11 Å². The third-order valence-electron chi connectivity index (χ3n) is 5.12. The number of methoxy groups -OCH3 is 1. The highest BCUT2D eigenvalue weighted by Crippen LogP contribution is 2.43. The first-order chi connectivity index (χ1) is 10.1. The maximum Gasteiger partial charge on any atom is 0.311 e. The average Bonchev–Trinajstić information content (AvgIpc) is 3.12. The number of aliphatic hydroxyl groups is 1. The monoisotopic (exact) mass is 314 g/mol. The van der Waals surface area contributed by atoms with Crippen molar-refractivity contribution >= 4 is 5.97 Å². The number of hydrogen-bond donors (Lipinski definition) is 1. The third-order valence-corrected chi connectivity index (χ3v) is 5.12. The molecule has 0 aromatic rings. The third kappa shape index (κ3) is 8.77. The van der Waals surface area contributed by atoms with Crippen molar-refractivity contribution in [3.63, 3.8) is 0 Å². The van der Waals surface area contributed by atoms with Gasteiger partial charge >= 0.3 is 5.97 Å². The highest BCUT2D eigenvalue weighted by Gasteiger charge is 2.30. The van der Waals surface area contributed by atoms with Crippen LogP contribution in [0.2, 0.25) is 0 Å². The number of fused-ring (bicyclic) bond motifs is 2. The lowest BCUT2D eigenvalue weighted by molar-refractivity contribution is -0.150. The molecule has 0 saturated heterocycles. The Morgan fingerprint density at radius 1 is 1.00 bits per heavy atom. The molecule has 0 aromatic carbocycles. The fourth-order valence-corrected chi connectivity index (χ4v) is 2.59. The molecule has 2 bridgehead atoms. The van der Waals surface area contributed by atoms with E-state index in [9.17, 15) is 4.79 Å². The van der Waals surface area contributed by atoms with E-state index in [1.54, 1.807) is 46.0 Å². The maximum atomic E-state index is 10.8. The molecular weight excluding hydrogens is 276 g/mol. The van der Waals surface area contributed by atoms with E-state index < -0.39 is 5.60 Å². The van der Waals surface area contributed by atoms with Crippen molar-refractivity contribution in [2.24, 2.45) is 17.3 Å². The highest BCUT2D eigenvalue weighted by molar-refractivity contribution is 5.75. The van der Waals surface area contributed by atoms with Crippen LogP contribution in [0.1, 0.15) is 86.5 Å². The largest absolute Gasteiger partial charge is 0.469 e. The van der Waals surface area contributed by atoms with Crippen LogP contribution in [0.5, 0.6) is 0 Å². The van der Waals surface area contributed by atoms with E-state index in [1.807, 2.05) is 27.7 Å². The molecule has 22 heavy (non-hydrogen) atoms. The molecule has 132 valence electrons. The Morgan fingerprint density at radius 2 is 1.36 bits per heavy atom. The summed E-state index contributed by atoms with van der Waals surface area (Å²) in [6, 6.07) is 0. The van der Waals surface area contributed by atoms with Crippen molar-refractivity contribution < 1.29 is 14.6 Å². The predicted molar refractivity (Wildman–Crippen MR) is 92.7 cm³/mol. The van der Waals surface area contributed by atoms with Crippen LogP contribution >= 0.6 is 0 Å². The van der Waals surface area contributed by atoms with Crippen molar-refractivity contribution in [3.8, 4) is 0 Å². The number of hydrogen-bond acceptors (Lipinski definition) is 3. The van der Waals surface area contributed by atoms with Crippen LogP contribution < -0.4 is 0 Å². The van der Waals surface area contributed by atoms with Gasteiger partial charge in [-0.15, -0.1) is 0 Å². The van der Waals surface area contributed by atoms with Crippen LogP contribution in [-0.4, -0.2) is 23.8 Å². The normalized spacial score (nSPS) is 23.1. The Kier molecular flexibility index (Phi) is 9.30. The van der Waals surface area contributed by atoms with Crippen LogP contribution in [0.15, 0.2) is 0 Å². The minimum atomic E-state index is -0.458. The minimum absolute atomic E-state index is 0.134. The van der Waals surface area contributed by atoms with Gasteiger partial charge in [0, 0.05) is 0 Å². The number of carbonyl (C=O) groups excluding carboxylic acids is 1. The van der Waals surface area contributed by atoms with Gasteiger partial charge < -0.3 is 9.84 Å².